The fourth-order valence-electron chi connectivity index (χ4n) is 2.46. The van der Waals surface area contributed by atoms with Crippen LogP contribution in [0.25, 0.3) is 0 Å². The number of rotatable bonds is 5. The average Bonchev–Trinajstić information content (AvgIpc) is 2.52. The summed E-state index contributed by atoms with van der Waals surface area (Å²) in [5.74, 6) is 0. The summed E-state index contributed by atoms with van der Waals surface area (Å²) < 4.78 is 5.49. The summed E-state index contributed by atoms with van der Waals surface area (Å²) >= 11 is 0. The molecule has 0 atom stereocenters. The van der Waals surface area contributed by atoms with Crippen LogP contribution in [0.1, 0.15) is 18.4 Å². The molecule has 0 aliphatic carbocycles. The third-order valence-electron chi connectivity index (χ3n) is 3.55. The van der Waals surface area contributed by atoms with Gasteiger partial charge in [0.1, 0.15) is 11.6 Å². The molecule has 0 spiro atoms. The van der Waals surface area contributed by atoms with E-state index in [4.69, 9.17) is 15.1 Å². The van der Waals surface area contributed by atoms with E-state index < -0.39 is 4.92 Å². The Bertz CT molecular complexity index is 548. The maximum absolute atomic E-state index is 11.0. The van der Waals surface area contributed by atoms with Crippen molar-refractivity contribution in [2.45, 2.75) is 18.9 Å². The molecule has 0 saturated carbocycles. The summed E-state index contributed by atoms with van der Waals surface area (Å²) in [5.41, 5.74) is 0.667. The fourth-order valence-corrected chi connectivity index (χ4v) is 2.46. The Balaban J connectivity index is 2.05. The minimum absolute atomic E-state index is 0.0159. The summed E-state index contributed by atoms with van der Waals surface area (Å²) in [6, 6.07) is 6.51. The molecule has 1 aliphatic rings. The average molecular weight is 291 g/mol. The highest BCUT2D eigenvalue weighted by molar-refractivity contribution is 5.60. The van der Waals surface area contributed by atoms with E-state index in [0.29, 0.717) is 6.61 Å². The highest BCUT2D eigenvalue weighted by Crippen LogP contribution is 2.27. The summed E-state index contributed by atoms with van der Waals surface area (Å²) in [6.45, 7) is 1.83. The molecule has 0 radical (unpaired) electrons. The molecule has 7 nitrogen and oxygen atoms in total. The number of benzene rings is 1. The molecule has 112 valence electrons. The second kappa shape index (κ2) is 7.02. The van der Waals surface area contributed by atoms with E-state index in [1.54, 1.807) is 6.07 Å². The summed E-state index contributed by atoms with van der Waals surface area (Å²) in [6.07, 6.45) is 1.75. The van der Waals surface area contributed by atoms with Gasteiger partial charge in [-0.05, 0) is 25.0 Å². The van der Waals surface area contributed by atoms with E-state index in [0.717, 1.165) is 31.6 Å². The van der Waals surface area contributed by atoms with Crippen LogP contribution in [0.5, 0.6) is 0 Å². The molecule has 0 unspecified atom stereocenters. The zero-order valence-corrected chi connectivity index (χ0v) is 11.6. The first-order valence-corrected chi connectivity index (χ1v) is 6.81. The first-order chi connectivity index (χ1) is 10.2. The first-order valence-electron chi connectivity index (χ1n) is 6.81. The van der Waals surface area contributed by atoms with Crippen LogP contribution in [0.2, 0.25) is 0 Å². The van der Waals surface area contributed by atoms with Crippen molar-refractivity contribution in [1.29, 1.82) is 5.26 Å². The molecule has 7 heteroatoms. The van der Waals surface area contributed by atoms with Crippen LogP contribution < -0.4 is 4.90 Å². The first kappa shape index (κ1) is 15.2. The quantitative estimate of drug-likeness (QED) is 0.651. The van der Waals surface area contributed by atoms with Gasteiger partial charge in [-0.3, -0.25) is 10.1 Å². The van der Waals surface area contributed by atoms with Gasteiger partial charge < -0.3 is 14.7 Å². The Hall–Kier alpha value is -2.17. The Morgan fingerprint density at radius 3 is 2.76 bits per heavy atom. The van der Waals surface area contributed by atoms with Crippen LogP contribution in [0.15, 0.2) is 18.2 Å². The van der Waals surface area contributed by atoms with Gasteiger partial charge in [-0.15, -0.1) is 0 Å². The molecule has 0 bridgehead atoms. The van der Waals surface area contributed by atoms with Crippen molar-refractivity contribution >= 4 is 11.4 Å². The second-order valence-electron chi connectivity index (χ2n) is 4.85. The van der Waals surface area contributed by atoms with Crippen LogP contribution in [0, 0.1) is 21.4 Å². The molecule has 1 N–H and O–H groups in total. The van der Waals surface area contributed by atoms with E-state index in [9.17, 15) is 10.1 Å². The molecule has 1 heterocycles. The van der Waals surface area contributed by atoms with E-state index in [-0.39, 0.29) is 24.0 Å². The van der Waals surface area contributed by atoms with Crippen LogP contribution in [-0.4, -0.2) is 42.4 Å². The molecule has 1 aromatic carbocycles. The lowest BCUT2D eigenvalue weighted by Gasteiger charge is -2.33. The van der Waals surface area contributed by atoms with Gasteiger partial charge in [0.05, 0.1) is 24.2 Å². The molecule has 1 aliphatic heterocycles. The smallest absolute Gasteiger partial charge is 0.289 e. The van der Waals surface area contributed by atoms with E-state index in [2.05, 4.69) is 0 Å². The predicted octanol–water partition coefficient (Wildman–Crippen LogP) is 1.44. The second-order valence-corrected chi connectivity index (χ2v) is 4.85. The molecule has 0 amide bonds. The number of nitriles is 1. The molecule has 1 saturated heterocycles. The third-order valence-corrected chi connectivity index (χ3v) is 3.55. The maximum Gasteiger partial charge on any atom is 0.289 e. The van der Waals surface area contributed by atoms with Crippen molar-refractivity contribution in [1.82, 2.24) is 0 Å². The van der Waals surface area contributed by atoms with Gasteiger partial charge in [0, 0.05) is 24.8 Å². The minimum atomic E-state index is -0.529. The van der Waals surface area contributed by atoms with Gasteiger partial charge in [0.15, 0.2) is 0 Å². The zero-order chi connectivity index (χ0) is 15.2. The van der Waals surface area contributed by atoms with Crippen molar-refractivity contribution in [3.8, 4) is 6.07 Å². The van der Waals surface area contributed by atoms with Crippen molar-refractivity contribution < 1.29 is 14.8 Å². The number of aliphatic hydroxyl groups excluding tert-OH is 1. The molecule has 21 heavy (non-hydrogen) atoms. The predicted molar refractivity (Wildman–Crippen MR) is 76.1 cm³/mol. The number of hydrogen-bond donors (Lipinski definition) is 1. The topological polar surface area (TPSA) is 99.6 Å². The summed E-state index contributed by atoms with van der Waals surface area (Å²) in [4.78, 5) is 12.5. The lowest BCUT2D eigenvalue weighted by molar-refractivity contribution is -0.385. The Kier molecular flexibility index (Phi) is 5.09. The number of anilines is 1. The summed E-state index contributed by atoms with van der Waals surface area (Å²) in [5, 5.41) is 28.6. The van der Waals surface area contributed by atoms with Crippen molar-refractivity contribution in [2.75, 3.05) is 31.2 Å². The highest BCUT2D eigenvalue weighted by Gasteiger charge is 2.22. The standard InChI is InChI=1S/C14H17N3O4/c15-10-11-1-2-12(9-14(11)17(19)20)16-5-3-13(4-6-16)21-8-7-18/h1-2,9,13,18H,3-8H2. The summed E-state index contributed by atoms with van der Waals surface area (Å²) in [7, 11) is 0. The highest BCUT2D eigenvalue weighted by atomic mass is 16.6. The van der Waals surface area contributed by atoms with Crippen molar-refractivity contribution in [3.63, 3.8) is 0 Å². The molecular weight excluding hydrogens is 274 g/mol. The van der Waals surface area contributed by atoms with Gasteiger partial charge in [-0.1, -0.05) is 0 Å². The lowest BCUT2D eigenvalue weighted by atomic mass is 10.1. The normalized spacial score (nSPS) is 15.7. The minimum Gasteiger partial charge on any atom is -0.394 e. The Morgan fingerprint density at radius 2 is 2.19 bits per heavy atom. The molecule has 1 fully saturated rings. The van der Waals surface area contributed by atoms with E-state index in [1.165, 1.54) is 12.1 Å². The number of nitrogens with zero attached hydrogens (tertiary/aromatic N) is 3. The van der Waals surface area contributed by atoms with Crippen molar-refractivity contribution in [3.05, 3.63) is 33.9 Å². The SMILES string of the molecule is N#Cc1ccc(N2CCC(OCCO)CC2)cc1[N+](=O)[O-]. The fraction of sp³-hybridized carbons (Fsp3) is 0.500. The molecule has 0 aromatic heterocycles. The number of ether oxygens (including phenoxy) is 1. The van der Waals surface area contributed by atoms with Crippen LogP contribution in [0.3, 0.4) is 0 Å². The monoisotopic (exact) mass is 291 g/mol. The number of nitro groups is 1. The Morgan fingerprint density at radius 1 is 1.48 bits per heavy atom. The largest absolute Gasteiger partial charge is 0.394 e. The van der Waals surface area contributed by atoms with Gasteiger partial charge >= 0.3 is 0 Å². The number of aliphatic hydroxyl groups is 1. The molecule has 2 rings (SSSR count). The van der Waals surface area contributed by atoms with Gasteiger partial charge in [-0.2, -0.15) is 5.26 Å². The third kappa shape index (κ3) is 3.68. The van der Waals surface area contributed by atoms with E-state index >= 15 is 0 Å². The number of nitro benzene ring substituents is 1. The maximum atomic E-state index is 11.0. The number of hydrogen-bond acceptors (Lipinski definition) is 6. The van der Waals surface area contributed by atoms with Crippen LogP contribution in [-0.2, 0) is 4.74 Å². The number of piperidine rings is 1. The molecule has 1 aromatic rings. The van der Waals surface area contributed by atoms with Gasteiger partial charge in [-0.25, -0.2) is 0 Å². The van der Waals surface area contributed by atoms with Gasteiger partial charge in [0.2, 0.25) is 0 Å². The van der Waals surface area contributed by atoms with Gasteiger partial charge in [0.25, 0.3) is 5.69 Å². The van der Waals surface area contributed by atoms with Crippen LogP contribution in [0.4, 0.5) is 11.4 Å². The van der Waals surface area contributed by atoms with Crippen LogP contribution >= 0.6 is 0 Å². The molecular formula is C14H17N3O4. The lowest BCUT2D eigenvalue weighted by Crippen LogP contribution is -2.37. The van der Waals surface area contributed by atoms with Crippen molar-refractivity contribution in [2.24, 2.45) is 0 Å². The Labute approximate surface area is 122 Å². The zero-order valence-electron chi connectivity index (χ0n) is 11.6. The van der Waals surface area contributed by atoms with E-state index in [1.807, 2.05) is 11.0 Å².